The fraction of sp³-hybridized carbons (Fsp3) is 0.407. The number of halogens is 5. The van der Waals surface area contributed by atoms with E-state index in [1.165, 1.54) is 18.3 Å². The first-order valence-electron chi connectivity index (χ1n) is 12.9. The third-order valence-electron chi connectivity index (χ3n) is 6.73. The van der Waals surface area contributed by atoms with E-state index in [1.54, 1.807) is 4.68 Å². The van der Waals surface area contributed by atoms with Crippen LogP contribution in [0.15, 0.2) is 47.1 Å². The second-order valence-electron chi connectivity index (χ2n) is 10.3. The molecular weight excluding hydrogens is 568 g/mol. The predicted octanol–water partition coefficient (Wildman–Crippen LogP) is 5.89. The summed E-state index contributed by atoms with van der Waals surface area (Å²) in [7, 11) is 4.09. The number of rotatable bonds is 8. The first kappa shape index (κ1) is 30.3. The van der Waals surface area contributed by atoms with Gasteiger partial charge in [0.05, 0.1) is 12.0 Å². The van der Waals surface area contributed by atoms with Crippen molar-refractivity contribution in [3.63, 3.8) is 0 Å². The SMILES string of the molecule is CN(C)CC1CCC([n+]2cc(NC(=O)Nc3cc(NC(=O)Cc4c(F)cccc4Cl)cc(C(F)(F)F)c3)on2)CC1. The fourth-order valence-corrected chi connectivity index (χ4v) is 5.10. The number of hydrogen-bond donors (Lipinski definition) is 3. The summed E-state index contributed by atoms with van der Waals surface area (Å²) in [6.45, 7) is 1.02. The van der Waals surface area contributed by atoms with Crippen LogP contribution in [0.5, 0.6) is 0 Å². The molecule has 1 aromatic heterocycles. The molecule has 3 N–H and O–H groups in total. The maximum absolute atomic E-state index is 14.0. The highest BCUT2D eigenvalue weighted by Gasteiger charge is 2.33. The van der Waals surface area contributed by atoms with E-state index in [4.69, 9.17) is 16.1 Å². The molecule has 0 unspecified atom stereocenters. The fourth-order valence-electron chi connectivity index (χ4n) is 4.87. The van der Waals surface area contributed by atoms with Crippen LogP contribution in [0.1, 0.15) is 42.9 Å². The van der Waals surface area contributed by atoms with Crippen LogP contribution < -0.4 is 20.6 Å². The Labute approximate surface area is 238 Å². The second kappa shape index (κ2) is 12.9. The zero-order valence-electron chi connectivity index (χ0n) is 22.4. The molecule has 9 nitrogen and oxygen atoms in total. The molecule has 1 heterocycles. The molecule has 0 atom stereocenters. The molecule has 14 heteroatoms. The number of urea groups is 1. The molecule has 1 saturated carbocycles. The van der Waals surface area contributed by atoms with Gasteiger partial charge in [-0.05, 0) is 67.9 Å². The number of anilines is 3. The van der Waals surface area contributed by atoms with Crippen molar-refractivity contribution in [2.45, 2.75) is 44.3 Å². The van der Waals surface area contributed by atoms with Crippen molar-refractivity contribution in [2.24, 2.45) is 5.92 Å². The van der Waals surface area contributed by atoms with Gasteiger partial charge in [-0.2, -0.15) is 13.2 Å². The Bertz CT molecular complexity index is 1370. The average molecular weight is 598 g/mol. The molecule has 0 saturated heterocycles. The second-order valence-corrected chi connectivity index (χ2v) is 10.7. The number of aromatic nitrogens is 2. The molecule has 1 fully saturated rings. The largest absolute Gasteiger partial charge is 0.416 e. The first-order valence-corrected chi connectivity index (χ1v) is 13.3. The van der Waals surface area contributed by atoms with E-state index in [0.717, 1.165) is 50.4 Å². The molecule has 0 radical (unpaired) electrons. The standard InChI is InChI=1S/C27H29ClF4N6O3/c1-37(2)14-16-6-8-20(9-7-16)38-15-25(41-36-38)35-26(40)34-19-11-17(27(30,31)32)10-18(12-19)33-24(39)13-21-22(28)4-3-5-23(21)29/h3-5,10-12,15-16,20H,6-9,13-14H2,1-2H3,(H2-,33,34,35,36,39,40)/p+1. The van der Waals surface area contributed by atoms with Gasteiger partial charge in [0, 0.05) is 41.3 Å². The van der Waals surface area contributed by atoms with Gasteiger partial charge < -0.3 is 15.5 Å². The first-order chi connectivity index (χ1) is 19.4. The molecule has 4 rings (SSSR count). The predicted molar refractivity (Wildman–Crippen MR) is 144 cm³/mol. The number of nitrogens with one attached hydrogen (secondary N) is 3. The van der Waals surface area contributed by atoms with Crippen LogP contribution in [-0.4, -0.2) is 42.7 Å². The third-order valence-corrected chi connectivity index (χ3v) is 7.09. The minimum atomic E-state index is -4.77. The van der Waals surface area contributed by atoms with E-state index in [0.29, 0.717) is 12.0 Å². The van der Waals surface area contributed by atoms with Crippen LogP contribution in [0.25, 0.3) is 0 Å². The van der Waals surface area contributed by atoms with Gasteiger partial charge in [-0.25, -0.2) is 9.18 Å². The van der Waals surface area contributed by atoms with E-state index in [9.17, 15) is 27.2 Å². The van der Waals surface area contributed by atoms with Crippen molar-refractivity contribution in [1.82, 2.24) is 10.2 Å². The van der Waals surface area contributed by atoms with E-state index in [2.05, 4.69) is 26.1 Å². The van der Waals surface area contributed by atoms with Crippen LogP contribution in [0.3, 0.4) is 0 Å². The van der Waals surface area contributed by atoms with Gasteiger partial charge in [0.2, 0.25) is 11.2 Å². The molecule has 3 amide bonds. The van der Waals surface area contributed by atoms with Crippen LogP contribution >= 0.6 is 11.6 Å². The summed E-state index contributed by atoms with van der Waals surface area (Å²) in [5, 5.41) is 11.0. The number of carbonyl (C=O) groups excluding carboxylic acids is 2. The summed E-state index contributed by atoms with van der Waals surface area (Å²) in [5.41, 5.74) is -1.71. The normalized spacial score (nSPS) is 17.4. The van der Waals surface area contributed by atoms with Crippen molar-refractivity contribution in [1.29, 1.82) is 0 Å². The molecule has 0 spiro atoms. The Morgan fingerprint density at radius 2 is 1.76 bits per heavy atom. The lowest BCUT2D eigenvalue weighted by Gasteiger charge is -2.26. The Morgan fingerprint density at radius 1 is 1.07 bits per heavy atom. The Morgan fingerprint density at radius 3 is 2.39 bits per heavy atom. The van der Waals surface area contributed by atoms with Gasteiger partial charge in [-0.1, -0.05) is 17.7 Å². The number of carbonyl (C=O) groups is 2. The van der Waals surface area contributed by atoms with E-state index >= 15 is 0 Å². The van der Waals surface area contributed by atoms with E-state index in [-0.39, 0.29) is 33.9 Å². The van der Waals surface area contributed by atoms with E-state index in [1.807, 2.05) is 14.1 Å². The van der Waals surface area contributed by atoms with Crippen LogP contribution in [0.4, 0.5) is 39.6 Å². The van der Waals surface area contributed by atoms with Gasteiger partial charge in [0.15, 0.2) is 6.04 Å². The molecule has 1 aliphatic carbocycles. The Hall–Kier alpha value is -3.71. The minimum absolute atomic E-state index is 0.00830. The van der Waals surface area contributed by atoms with Crippen molar-refractivity contribution < 1.29 is 36.4 Å². The number of benzene rings is 2. The number of amides is 3. The maximum Gasteiger partial charge on any atom is 0.416 e. The highest BCUT2D eigenvalue weighted by atomic mass is 35.5. The molecule has 41 heavy (non-hydrogen) atoms. The molecule has 0 aliphatic heterocycles. The zero-order chi connectivity index (χ0) is 29.7. The summed E-state index contributed by atoms with van der Waals surface area (Å²) >= 11 is 5.94. The smallest absolute Gasteiger partial charge is 0.326 e. The minimum Gasteiger partial charge on any atom is -0.326 e. The summed E-state index contributed by atoms with van der Waals surface area (Å²) in [6.07, 6.45) is 0.133. The maximum atomic E-state index is 14.0. The lowest BCUT2D eigenvalue weighted by atomic mass is 9.86. The van der Waals surface area contributed by atoms with Crippen molar-refractivity contribution in [3.8, 4) is 0 Å². The van der Waals surface area contributed by atoms with Crippen molar-refractivity contribution in [3.05, 3.63) is 64.6 Å². The number of alkyl halides is 3. The summed E-state index contributed by atoms with van der Waals surface area (Å²) in [5.74, 6) is -0.896. The average Bonchev–Trinajstić information content (AvgIpc) is 3.34. The Balaban J connectivity index is 1.40. The highest BCUT2D eigenvalue weighted by Crippen LogP contribution is 2.34. The lowest BCUT2D eigenvalue weighted by Crippen LogP contribution is -2.43. The number of nitrogens with zero attached hydrogens (tertiary/aromatic N) is 3. The van der Waals surface area contributed by atoms with Gasteiger partial charge in [-0.15, -0.1) is 0 Å². The topological polar surface area (TPSA) is 103 Å². The van der Waals surface area contributed by atoms with Gasteiger partial charge in [-0.3, -0.25) is 14.6 Å². The molecular formula is C27H30ClF4N6O3+. The lowest BCUT2D eigenvalue weighted by molar-refractivity contribution is -0.787. The molecule has 1 aliphatic rings. The van der Waals surface area contributed by atoms with Crippen LogP contribution in [0.2, 0.25) is 5.02 Å². The monoisotopic (exact) mass is 597 g/mol. The summed E-state index contributed by atoms with van der Waals surface area (Å²) in [4.78, 5) is 27.2. The highest BCUT2D eigenvalue weighted by molar-refractivity contribution is 6.31. The number of hydrogen-bond acceptors (Lipinski definition) is 5. The van der Waals surface area contributed by atoms with Gasteiger partial charge >= 0.3 is 18.1 Å². The molecule has 2 aromatic carbocycles. The molecule has 3 aromatic rings. The Kier molecular flexibility index (Phi) is 9.49. The van der Waals surface area contributed by atoms with E-state index < -0.39 is 35.9 Å². The molecule has 220 valence electrons. The zero-order valence-corrected chi connectivity index (χ0v) is 23.2. The molecule has 0 bridgehead atoms. The van der Waals surface area contributed by atoms with Gasteiger partial charge in [0.25, 0.3) is 6.20 Å². The van der Waals surface area contributed by atoms with Crippen LogP contribution in [0, 0.1) is 11.7 Å². The van der Waals surface area contributed by atoms with Gasteiger partial charge in [0.1, 0.15) is 5.82 Å². The van der Waals surface area contributed by atoms with Crippen molar-refractivity contribution in [2.75, 3.05) is 36.6 Å². The third kappa shape index (κ3) is 8.40. The summed E-state index contributed by atoms with van der Waals surface area (Å²) in [6, 6.07) is 5.68. The summed E-state index contributed by atoms with van der Waals surface area (Å²) < 4.78 is 61.5. The van der Waals surface area contributed by atoms with Crippen molar-refractivity contribution >= 4 is 40.8 Å². The quantitative estimate of drug-likeness (QED) is 0.222. The van der Waals surface area contributed by atoms with Crippen LogP contribution in [-0.2, 0) is 17.4 Å².